The second-order valence-electron chi connectivity index (χ2n) is 7.78. The minimum atomic E-state index is -0.900. The molecule has 0 bridgehead atoms. The average Bonchev–Trinajstić information content (AvgIpc) is 2.70. The lowest BCUT2D eigenvalue weighted by molar-refractivity contribution is 0.119. The highest BCUT2D eigenvalue weighted by molar-refractivity contribution is 5.52. The van der Waals surface area contributed by atoms with E-state index in [1.54, 1.807) is 29.0 Å². The highest BCUT2D eigenvalue weighted by atomic mass is 19.1. The van der Waals surface area contributed by atoms with Crippen LogP contribution in [0.25, 0.3) is 11.4 Å². The largest absolute Gasteiger partial charge is 0.388 e. The molecule has 2 unspecified atom stereocenters. The molecule has 2 atom stereocenters. The molecule has 150 valence electrons. The summed E-state index contributed by atoms with van der Waals surface area (Å²) >= 11 is 0. The summed E-state index contributed by atoms with van der Waals surface area (Å²) in [4.78, 5) is 25.6. The smallest absolute Gasteiger partial charge is 0.255 e. The minimum absolute atomic E-state index is 0.197. The van der Waals surface area contributed by atoms with E-state index in [9.17, 15) is 14.3 Å². The third kappa shape index (κ3) is 3.81. The van der Waals surface area contributed by atoms with Gasteiger partial charge in [-0.05, 0) is 44.0 Å². The van der Waals surface area contributed by atoms with E-state index < -0.39 is 17.5 Å². The van der Waals surface area contributed by atoms with E-state index in [1.807, 2.05) is 13.8 Å². The van der Waals surface area contributed by atoms with Gasteiger partial charge >= 0.3 is 0 Å². The normalized spacial score (nSPS) is 18.8. The Morgan fingerprint density at radius 3 is 2.86 bits per heavy atom. The standard InChI is InChI=1S/C21H22FN5O2/c1-21(2)15(9-18(28)13-4-3-5-14(22)8-13)20-26-17(16-6-7-23-11-24-16)10-19(29)27(20)12-25-21/h3-8,10-11,15,18,25,28H,9,12H2,1-2H3. The van der Waals surface area contributed by atoms with Gasteiger partial charge in [0.05, 0.1) is 24.2 Å². The molecule has 0 radical (unpaired) electrons. The molecule has 0 fully saturated rings. The fourth-order valence-electron chi connectivity index (χ4n) is 3.72. The Hall–Kier alpha value is -2.97. The summed E-state index contributed by atoms with van der Waals surface area (Å²) in [7, 11) is 0. The fourth-order valence-corrected chi connectivity index (χ4v) is 3.72. The van der Waals surface area contributed by atoms with Crippen LogP contribution in [0, 0.1) is 5.82 Å². The molecule has 3 heterocycles. The van der Waals surface area contributed by atoms with Crippen LogP contribution < -0.4 is 10.9 Å². The van der Waals surface area contributed by atoms with E-state index in [1.165, 1.54) is 24.5 Å². The molecular weight excluding hydrogens is 373 g/mol. The number of aliphatic hydroxyl groups is 1. The second-order valence-corrected chi connectivity index (χ2v) is 7.78. The number of benzene rings is 1. The van der Waals surface area contributed by atoms with Crippen molar-refractivity contribution in [2.75, 3.05) is 0 Å². The molecule has 1 aromatic carbocycles. The number of aromatic nitrogens is 4. The molecular formula is C21H22FN5O2. The van der Waals surface area contributed by atoms with Crippen molar-refractivity contribution in [3.05, 3.63) is 76.5 Å². The van der Waals surface area contributed by atoms with Crippen molar-refractivity contribution in [3.8, 4) is 11.4 Å². The van der Waals surface area contributed by atoms with Crippen molar-refractivity contribution in [1.29, 1.82) is 0 Å². The Morgan fingerprint density at radius 2 is 2.14 bits per heavy atom. The van der Waals surface area contributed by atoms with Gasteiger partial charge in [-0.1, -0.05) is 12.1 Å². The summed E-state index contributed by atoms with van der Waals surface area (Å²) in [6, 6.07) is 9.07. The number of hydrogen-bond acceptors (Lipinski definition) is 6. The molecule has 3 aromatic rings. The van der Waals surface area contributed by atoms with Crippen molar-refractivity contribution >= 4 is 0 Å². The molecule has 0 aliphatic carbocycles. The van der Waals surface area contributed by atoms with Crippen LogP contribution in [0.5, 0.6) is 0 Å². The van der Waals surface area contributed by atoms with Crippen molar-refractivity contribution in [2.45, 2.75) is 44.5 Å². The molecule has 0 spiro atoms. The van der Waals surface area contributed by atoms with E-state index >= 15 is 0 Å². The predicted octanol–water partition coefficient (Wildman–Crippen LogP) is 2.39. The molecule has 7 nitrogen and oxygen atoms in total. The number of halogens is 1. The van der Waals surface area contributed by atoms with Crippen molar-refractivity contribution in [1.82, 2.24) is 24.8 Å². The predicted molar refractivity (Wildman–Crippen MR) is 105 cm³/mol. The molecule has 4 rings (SSSR count). The maximum atomic E-state index is 13.6. The van der Waals surface area contributed by atoms with Gasteiger partial charge in [-0.15, -0.1) is 0 Å². The summed E-state index contributed by atoms with van der Waals surface area (Å²) < 4.78 is 15.2. The molecule has 29 heavy (non-hydrogen) atoms. The van der Waals surface area contributed by atoms with Crippen LogP contribution in [-0.4, -0.2) is 30.2 Å². The first kappa shape index (κ1) is 19.4. The van der Waals surface area contributed by atoms with Crippen LogP contribution in [-0.2, 0) is 6.67 Å². The molecule has 0 saturated heterocycles. The maximum Gasteiger partial charge on any atom is 0.255 e. The average molecular weight is 395 g/mol. The van der Waals surface area contributed by atoms with Gasteiger partial charge in [-0.2, -0.15) is 0 Å². The SMILES string of the molecule is CC1(C)NCn2c(nc(-c3ccncn3)cc2=O)C1CC(O)c1cccc(F)c1. The van der Waals surface area contributed by atoms with Gasteiger partial charge in [-0.3, -0.25) is 14.7 Å². The van der Waals surface area contributed by atoms with Crippen molar-refractivity contribution < 1.29 is 9.50 Å². The highest BCUT2D eigenvalue weighted by Gasteiger charge is 2.39. The maximum absolute atomic E-state index is 13.6. The first-order chi connectivity index (χ1) is 13.8. The zero-order valence-corrected chi connectivity index (χ0v) is 16.2. The first-order valence-corrected chi connectivity index (χ1v) is 9.42. The Bertz CT molecular complexity index is 1080. The van der Waals surface area contributed by atoms with Crippen LogP contribution in [0.15, 0.2) is 53.7 Å². The summed E-state index contributed by atoms with van der Waals surface area (Å²) in [5.41, 5.74) is 0.884. The summed E-state index contributed by atoms with van der Waals surface area (Å²) in [5.74, 6) is -0.113. The highest BCUT2D eigenvalue weighted by Crippen LogP contribution is 2.37. The van der Waals surface area contributed by atoms with Gasteiger partial charge in [0.25, 0.3) is 5.56 Å². The second kappa shape index (κ2) is 7.46. The number of nitrogens with one attached hydrogen (secondary N) is 1. The molecule has 2 aromatic heterocycles. The van der Waals surface area contributed by atoms with E-state index in [-0.39, 0.29) is 17.9 Å². The topological polar surface area (TPSA) is 92.9 Å². The lowest BCUT2D eigenvalue weighted by Crippen LogP contribution is -2.53. The van der Waals surface area contributed by atoms with E-state index in [2.05, 4.69) is 15.3 Å². The van der Waals surface area contributed by atoms with Gasteiger partial charge in [0, 0.05) is 23.7 Å². The zero-order chi connectivity index (χ0) is 20.6. The Morgan fingerprint density at radius 1 is 1.31 bits per heavy atom. The molecule has 8 heteroatoms. The number of nitrogens with zero attached hydrogens (tertiary/aromatic N) is 4. The third-order valence-electron chi connectivity index (χ3n) is 5.45. The Labute approximate surface area is 167 Å². The van der Waals surface area contributed by atoms with Crippen LogP contribution >= 0.6 is 0 Å². The molecule has 1 aliphatic rings. The Balaban J connectivity index is 1.76. The lowest BCUT2D eigenvalue weighted by Gasteiger charge is -2.41. The van der Waals surface area contributed by atoms with Crippen molar-refractivity contribution in [3.63, 3.8) is 0 Å². The minimum Gasteiger partial charge on any atom is -0.388 e. The van der Waals surface area contributed by atoms with E-state index in [0.29, 0.717) is 29.4 Å². The molecule has 1 aliphatic heterocycles. The van der Waals surface area contributed by atoms with Crippen LogP contribution in [0.1, 0.15) is 43.7 Å². The third-order valence-corrected chi connectivity index (χ3v) is 5.45. The first-order valence-electron chi connectivity index (χ1n) is 9.42. The number of hydrogen-bond donors (Lipinski definition) is 2. The van der Waals surface area contributed by atoms with Gasteiger partial charge < -0.3 is 5.11 Å². The van der Waals surface area contributed by atoms with E-state index in [0.717, 1.165) is 0 Å². The summed E-state index contributed by atoms with van der Waals surface area (Å²) in [5, 5.41) is 14.1. The van der Waals surface area contributed by atoms with Crippen molar-refractivity contribution in [2.24, 2.45) is 0 Å². The number of fused-ring (bicyclic) bond motifs is 1. The molecule has 0 saturated carbocycles. The lowest BCUT2D eigenvalue weighted by atomic mass is 9.80. The van der Waals surface area contributed by atoms with Crippen LogP contribution in [0.2, 0.25) is 0 Å². The fraction of sp³-hybridized carbons (Fsp3) is 0.333. The summed E-state index contributed by atoms with van der Waals surface area (Å²) in [6.07, 6.45) is 2.38. The zero-order valence-electron chi connectivity index (χ0n) is 16.2. The van der Waals surface area contributed by atoms with Gasteiger partial charge in [0.1, 0.15) is 18.0 Å². The number of aliphatic hydroxyl groups excluding tert-OH is 1. The van der Waals surface area contributed by atoms with Gasteiger partial charge in [0.15, 0.2) is 0 Å². The van der Waals surface area contributed by atoms with Gasteiger partial charge in [-0.25, -0.2) is 19.3 Å². The number of rotatable bonds is 4. The quantitative estimate of drug-likeness (QED) is 0.705. The molecule has 2 N–H and O–H groups in total. The van der Waals surface area contributed by atoms with Crippen LogP contribution in [0.4, 0.5) is 4.39 Å². The monoisotopic (exact) mass is 395 g/mol. The van der Waals surface area contributed by atoms with E-state index in [4.69, 9.17) is 4.98 Å². The van der Waals surface area contributed by atoms with Crippen LogP contribution in [0.3, 0.4) is 0 Å². The molecule has 0 amide bonds. The Kier molecular flexibility index (Phi) is 4.97. The van der Waals surface area contributed by atoms with Gasteiger partial charge in [0.2, 0.25) is 0 Å². The summed E-state index contributed by atoms with van der Waals surface area (Å²) in [6.45, 7) is 4.33.